The zero-order valence-electron chi connectivity index (χ0n) is 9.08. The lowest BCUT2D eigenvalue weighted by Gasteiger charge is -2.04. The molecule has 2 atom stereocenters. The van der Waals surface area contributed by atoms with Gasteiger partial charge in [-0.05, 0) is 11.8 Å². The second-order valence-electron chi connectivity index (χ2n) is 4.48. The Morgan fingerprint density at radius 1 is 1.50 bits per heavy atom. The third-order valence-electron chi connectivity index (χ3n) is 3.05. The highest BCUT2D eigenvalue weighted by molar-refractivity contribution is 5.84. The number of hydrogen-bond acceptors (Lipinski definition) is 3. The van der Waals surface area contributed by atoms with E-state index in [-0.39, 0.29) is 23.2 Å². The molecule has 0 spiro atoms. The number of carbonyl (C=O) groups is 2. The van der Waals surface area contributed by atoms with Crippen molar-refractivity contribution in [1.29, 1.82) is 0 Å². The summed E-state index contributed by atoms with van der Waals surface area (Å²) in [6.45, 7) is 6.38. The van der Waals surface area contributed by atoms with Crippen molar-refractivity contribution in [2.45, 2.75) is 33.6 Å². The minimum absolute atomic E-state index is 0.142. The van der Waals surface area contributed by atoms with Crippen LogP contribution in [0.1, 0.15) is 33.6 Å². The third kappa shape index (κ3) is 1.97. The van der Waals surface area contributed by atoms with Gasteiger partial charge in [-0.1, -0.05) is 27.2 Å². The molecule has 80 valence electrons. The number of unbranched alkanes of at least 4 members (excludes halogenated alkanes) is 1. The Kier molecular flexibility index (Phi) is 3.29. The van der Waals surface area contributed by atoms with Crippen molar-refractivity contribution < 1.29 is 14.3 Å². The zero-order chi connectivity index (χ0) is 10.8. The van der Waals surface area contributed by atoms with E-state index in [1.807, 2.05) is 20.8 Å². The summed E-state index contributed by atoms with van der Waals surface area (Å²) in [6, 6.07) is 0. The van der Waals surface area contributed by atoms with Gasteiger partial charge in [0.05, 0.1) is 12.5 Å². The van der Waals surface area contributed by atoms with E-state index in [0.29, 0.717) is 6.61 Å². The van der Waals surface area contributed by atoms with Crippen LogP contribution >= 0.6 is 0 Å². The van der Waals surface area contributed by atoms with Crippen molar-refractivity contribution in [3.63, 3.8) is 0 Å². The Labute approximate surface area is 84.8 Å². The highest BCUT2D eigenvalue weighted by atomic mass is 16.5. The van der Waals surface area contributed by atoms with Gasteiger partial charge in [0.1, 0.15) is 6.29 Å². The highest BCUT2D eigenvalue weighted by Gasteiger charge is 2.62. The molecular weight excluding hydrogens is 180 g/mol. The van der Waals surface area contributed by atoms with Gasteiger partial charge in [0.15, 0.2) is 0 Å². The Morgan fingerprint density at radius 3 is 2.57 bits per heavy atom. The number of hydrogen-bond donors (Lipinski definition) is 0. The number of ether oxygens (including phenoxy) is 1. The van der Waals surface area contributed by atoms with Gasteiger partial charge < -0.3 is 9.53 Å². The first kappa shape index (κ1) is 11.2. The molecule has 0 aromatic heterocycles. The average Bonchev–Trinajstić information content (AvgIpc) is 2.68. The Bertz CT molecular complexity index is 233. The number of aldehydes is 1. The molecule has 0 unspecified atom stereocenters. The molecule has 1 saturated carbocycles. The maximum Gasteiger partial charge on any atom is 0.310 e. The van der Waals surface area contributed by atoms with E-state index in [0.717, 1.165) is 19.1 Å². The van der Waals surface area contributed by atoms with Crippen LogP contribution in [0.5, 0.6) is 0 Å². The first-order valence-corrected chi connectivity index (χ1v) is 5.17. The van der Waals surface area contributed by atoms with E-state index >= 15 is 0 Å². The van der Waals surface area contributed by atoms with Crippen molar-refractivity contribution >= 4 is 12.3 Å². The maximum atomic E-state index is 11.5. The molecule has 1 fully saturated rings. The molecule has 0 radical (unpaired) electrons. The molecule has 1 aliphatic rings. The predicted molar refractivity (Wildman–Crippen MR) is 52.7 cm³/mol. The molecule has 0 aromatic rings. The molecule has 0 saturated heterocycles. The highest BCUT2D eigenvalue weighted by Crippen LogP contribution is 2.57. The fourth-order valence-corrected chi connectivity index (χ4v) is 1.79. The molecule has 0 bridgehead atoms. The fraction of sp³-hybridized carbons (Fsp3) is 0.818. The smallest absolute Gasteiger partial charge is 0.310 e. The Hall–Kier alpha value is -0.860. The van der Waals surface area contributed by atoms with Gasteiger partial charge >= 0.3 is 5.97 Å². The van der Waals surface area contributed by atoms with Gasteiger partial charge in [0, 0.05) is 5.92 Å². The lowest BCUT2D eigenvalue weighted by atomic mass is 10.1. The predicted octanol–water partition coefficient (Wildman–Crippen LogP) is 1.80. The summed E-state index contributed by atoms with van der Waals surface area (Å²) in [5.41, 5.74) is -0.189. The molecule has 1 aliphatic carbocycles. The van der Waals surface area contributed by atoms with Gasteiger partial charge in [-0.2, -0.15) is 0 Å². The van der Waals surface area contributed by atoms with Gasteiger partial charge in [-0.25, -0.2) is 0 Å². The van der Waals surface area contributed by atoms with Crippen LogP contribution in [0.2, 0.25) is 0 Å². The summed E-state index contributed by atoms with van der Waals surface area (Å²) < 4.78 is 5.08. The monoisotopic (exact) mass is 198 g/mol. The van der Waals surface area contributed by atoms with Crippen molar-refractivity contribution in [2.24, 2.45) is 17.3 Å². The summed E-state index contributed by atoms with van der Waals surface area (Å²) >= 11 is 0. The van der Waals surface area contributed by atoms with E-state index in [1.165, 1.54) is 0 Å². The summed E-state index contributed by atoms with van der Waals surface area (Å²) in [5.74, 6) is -0.561. The molecule has 0 aromatic carbocycles. The van der Waals surface area contributed by atoms with Crippen LogP contribution in [0, 0.1) is 17.3 Å². The summed E-state index contributed by atoms with van der Waals surface area (Å²) in [7, 11) is 0. The van der Waals surface area contributed by atoms with Gasteiger partial charge in [0.25, 0.3) is 0 Å². The molecule has 0 N–H and O–H groups in total. The minimum Gasteiger partial charge on any atom is -0.465 e. The van der Waals surface area contributed by atoms with E-state index in [9.17, 15) is 9.59 Å². The fourth-order valence-electron chi connectivity index (χ4n) is 1.79. The van der Waals surface area contributed by atoms with Gasteiger partial charge in [0.2, 0.25) is 0 Å². The normalized spacial score (nSPS) is 28.2. The zero-order valence-corrected chi connectivity index (χ0v) is 9.08. The van der Waals surface area contributed by atoms with E-state index in [4.69, 9.17) is 4.74 Å². The standard InChI is InChI=1S/C11H18O3/c1-4-5-6-14-10(13)9-8(7-12)11(9,2)3/h7-9H,4-6H2,1-3H3/t8-,9+/m0/s1. The van der Waals surface area contributed by atoms with Gasteiger partial charge in [-0.3, -0.25) is 4.79 Å². The molecule has 0 heterocycles. The SMILES string of the molecule is CCCCOC(=O)[C@H]1[C@H](C=O)C1(C)C. The molecular formula is C11H18O3. The van der Waals surface area contributed by atoms with Crippen LogP contribution in [-0.4, -0.2) is 18.9 Å². The van der Waals surface area contributed by atoms with Crippen LogP contribution in [0.4, 0.5) is 0 Å². The van der Waals surface area contributed by atoms with E-state index < -0.39 is 0 Å². The quantitative estimate of drug-likeness (QED) is 0.384. The van der Waals surface area contributed by atoms with Gasteiger partial charge in [-0.15, -0.1) is 0 Å². The molecule has 3 heteroatoms. The molecule has 0 aliphatic heterocycles. The van der Waals surface area contributed by atoms with E-state index in [2.05, 4.69) is 0 Å². The van der Waals surface area contributed by atoms with Crippen LogP contribution in [-0.2, 0) is 14.3 Å². The lowest BCUT2D eigenvalue weighted by molar-refractivity contribution is -0.146. The summed E-state index contributed by atoms with van der Waals surface area (Å²) in [4.78, 5) is 22.1. The molecule has 14 heavy (non-hydrogen) atoms. The largest absolute Gasteiger partial charge is 0.465 e. The first-order valence-electron chi connectivity index (χ1n) is 5.17. The second kappa shape index (κ2) is 4.11. The maximum absolute atomic E-state index is 11.5. The van der Waals surface area contributed by atoms with Crippen molar-refractivity contribution in [3.8, 4) is 0 Å². The van der Waals surface area contributed by atoms with E-state index in [1.54, 1.807) is 0 Å². The van der Waals surface area contributed by atoms with Crippen molar-refractivity contribution in [2.75, 3.05) is 6.61 Å². The molecule has 3 nitrogen and oxygen atoms in total. The summed E-state index contributed by atoms with van der Waals surface area (Å²) in [5, 5.41) is 0. The molecule has 1 rings (SSSR count). The van der Waals surface area contributed by atoms with Crippen LogP contribution < -0.4 is 0 Å². The number of rotatable bonds is 5. The van der Waals surface area contributed by atoms with Crippen LogP contribution in [0.3, 0.4) is 0 Å². The molecule has 0 amide bonds. The van der Waals surface area contributed by atoms with Crippen molar-refractivity contribution in [1.82, 2.24) is 0 Å². The van der Waals surface area contributed by atoms with Crippen LogP contribution in [0.25, 0.3) is 0 Å². The number of esters is 1. The minimum atomic E-state index is -0.211. The lowest BCUT2D eigenvalue weighted by Crippen LogP contribution is -2.11. The summed E-state index contributed by atoms with van der Waals surface area (Å²) in [6.07, 6.45) is 2.77. The Morgan fingerprint density at radius 2 is 2.14 bits per heavy atom. The van der Waals surface area contributed by atoms with Crippen molar-refractivity contribution in [3.05, 3.63) is 0 Å². The topological polar surface area (TPSA) is 43.4 Å². The second-order valence-corrected chi connectivity index (χ2v) is 4.48. The number of carbonyl (C=O) groups excluding carboxylic acids is 2. The average molecular weight is 198 g/mol. The third-order valence-corrected chi connectivity index (χ3v) is 3.05. The van der Waals surface area contributed by atoms with Crippen LogP contribution in [0.15, 0.2) is 0 Å². The Balaban J connectivity index is 2.37. The first-order chi connectivity index (χ1) is 6.55.